The van der Waals surface area contributed by atoms with Gasteiger partial charge in [-0.2, -0.15) is 0 Å². The molecule has 17 nitrogen and oxygen atoms in total. The Hall–Kier alpha value is -2.46. The van der Waals surface area contributed by atoms with Crippen LogP contribution >= 0.6 is 15.6 Å². The Morgan fingerprint density at radius 2 is 0.551 bits per heavy atom. The van der Waals surface area contributed by atoms with Crippen molar-refractivity contribution in [2.45, 2.75) is 412 Å². The van der Waals surface area contributed by atoms with Crippen LogP contribution in [0.5, 0.6) is 0 Å². The quantitative estimate of drug-likeness (QED) is 0.0169. The highest BCUT2D eigenvalue weighted by atomic mass is 31.2. The Kier molecular flexibility index (Phi) is 69.7. The van der Waals surface area contributed by atoms with E-state index in [2.05, 4.69) is 58.9 Å². The molecule has 578 valence electrons. The molecule has 0 aliphatic rings. The van der Waals surface area contributed by atoms with Gasteiger partial charge in [0, 0.05) is 25.7 Å². The van der Waals surface area contributed by atoms with Crippen molar-refractivity contribution in [3.8, 4) is 0 Å². The molecule has 0 saturated heterocycles. The summed E-state index contributed by atoms with van der Waals surface area (Å²) in [7, 11) is -9.93. The molecule has 98 heavy (non-hydrogen) atoms. The number of hydrogen-bond acceptors (Lipinski definition) is 15. The number of unbranched alkanes of at least 4 members (excludes halogenated alkanes) is 46. The van der Waals surface area contributed by atoms with Crippen LogP contribution in [0.25, 0.3) is 0 Å². The lowest BCUT2D eigenvalue weighted by molar-refractivity contribution is -0.161. The molecule has 0 aliphatic carbocycles. The van der Waals surface area contributed by atoms with Crippen molar-refractivity contribution in [2.24, 2.45) is 5.92 Å². The van der Waals surface area contributed by atoms with Crippen LogP contribution in [-0.4, -0.2) is 96.7 Å². The number of carbonyl (C=O) groups is 4. The monoisotopic (exact) mass is 1430 g/mol. The van der Waals surface area contributed by atoms with Crippen LogP contribution in [0.15, 0.2) is 24.3 Å². The second-order valence-corrected chi connectivity index (χ2v) is 31.2. The third-order valence-corrected chi connectivity index (χ3v) is 19.8. The Balaban J connectivity index is 5.29. The number of ether oxygens (including phenoxy) is 4. The zero-order chi connectivity index (χ0) is 71.9. The first-order valence-corrected chi connectivity index (χ1v) is 43.4. The third kappa shape index (κ3) is 71.9. The van der Waals surface area contributed by atoms with Crippen molar-refractivity contribution < 1.29 is 80.2 Å². The lowest BCUT2D eigenvalue weighted by Crippen LogP contribution is -2.30. The maximum absolute atomic E-state index is 13.1. The molecule has 0 heterocycles. The molecule has 0 aliphatic heterocycles. The number of esters is 4. The predicted molar refractivity (Wildman–Crippen MR) is 400 cm³/mol. The smallest absolute Gasteiger partial charge is 0.462 e. The van der Waals surface area contributed by atoms with Gasteiger partial charge in [0.2, 0.25) is 0 Å². The highest BCUT2D eigenvalue weighted by molar-refractivity contribution is 7.47. The van der Waals surface area contributed by atoms with E-state index in [0.29, 0.717) is 25.7 Å². The highest BCUT2D eigenvalue weighted by Crippen LogP contribution is 2.45. The molecule has 0 aromatic heterocycles. The molecule has 0 bridgehead atoms. The van der Waals surface area contributed by atoms with E-state index in [1.165, 1.54) is 199 Å². The van der Waals surface area contributed by atoms with Crippen LogP contribution in [0, 0.1) is 5.92 Å². The Bertz CT molecular complexity index is 1970. The van der Waals surface area contributed by atoms with Crippen molar-refractivity contribution in [3.05, 3.63) is 24.3 Å². The predicted octanol–water partition coefficient (Wildman–Crippen LogP) is 23.2. The summed E-state index contributed by atoms with van der Waals surface area (Å²) in [5.41, 5.74) is 0. The van der Waals surface area contributed by atoms with Crippen LogP contribution in [0.1, 0.15) is 394 Å². The summed E-state index contributed by atoms with van der Waals surface area (Å²) in [6.07, 6.45) is 64.5. The van der Waals surface area contributed by atoms with Gasteiger partial charge >= 0.3 is 39.5 Å². The molecular formula is C79H150O17P2. The van der Waals surface area contributed by atoms with E-state index in [-0.39, 0.29) is 25.7 Å². The van der Waals surface area contributed by atoms with Gasteiger partial charge in [-0.15, -0.1) is 0 Å². The molecule has 3 N–H and O–H groups in total. The minimum absolute atomic E-state index is 0.102. The fraction of sp³-hybridized carbons (Fsp3) is 0.899. The molecule has 5 atom stereocenters. The summed E-state index contributed by atoms with van der Waals surface area (Å²) in [6.45, 7) is 7.26. The molecule has 0 radical (unpaired) electrons. The fourth-order valence-corrected chi connectivity index (χ4v) is 13.3. The number of rotatable bonds is 77. The van der Waals surface area contributed by atoms with Crippen LogP contribution in [0.3, 0.4) is 0 Å². The SMILES string of the molecule is CCCCCC/C=C\C=C/CCCCCCCC(=O)OC[C@H](COP(=O)(O)OC[C@@H](O)COP(=O)(O)OC[C@@H](COC(=O)CCCCCCCCCCCCC)OC(=O)CCCCCCCCCCCCCCC(C)C)OC(=O)CCCCCCCCCCCCCCCCCCC. The van der Waals surface area contributed by atoms with Crippen molar-refractivity contribution in [3.63, 3.8) is 0 Å². The van der Waals surface area contributed by atoms with Crippen molar-refractivity contribution >= 4 is 39.5 Å². The molecule has 0 aromatic rings. The van der Waals surface area contributed by atoms with E-state index in [1.54, 1.807) is 0 Å². The first-order chi connectivity index (χ1) is 47.5. The van der Waals surface area contributed by atoms with Crippen LogP contribution in [-0.2, 0) is 65.4 Å². The van der Waals surface area contributed by atoms with Crippen LogP contribution < -0.4 is 0 Å². The Labute approximate surface area is 599 Å². The van der Waals surface area contributed by atoms with Gasteiger partial charge < -0.3 is 33.8 Å². The summed E-state index contributed by atoms with van der Waals surface area (Å²) >= 11 is 0. The number of carbonyl (C=O) groups excluding carboxylic acids is 4. The lowest BCUT2D eigenvalue weighted by atomic mass is 10.0. The van der Waals surface area contributed by atoms with Gasteiger partial charge in [-0.25, -0.2) is 9.13 Å². The number of phosphoric acid groups is 2. The van der Waals surface area contributed by atoms with Crippen molar-refractivity contribution in [2.75, 3.05) is 39.6 Å². The number of allylic oxidation sites excluding steroid dienone is 4. The maximum Gasteiger partial charge on any atom is 0.472 e. The first kappa shape index (κ1) is 95.5. The number of hydrogen-bond donors (Lipinski definition) is 3. The summed E-state index contributed by atoms with van der Waals surface area (Å²) < 4.78 is 68.6. The third-order valence-electron chi connectivity index (χ3n) is 17.9. The molecule has 0 spiro atoms. The molecule has 0 rings (SSSR count). The number of aliphatic hydroxyl groups excluding tert-OH is 1. The van der Waals surface area contributed by atoms with Crippen molar-refractivity contribution in [1.82, 2.24) is 0 Å². The van der Waals surface area contributed by atoms with Gasteiger partial charge in [0.05, 0.1) is 26.4 Å². The average Bonchev–Trinajstić information content (AvgIpc) is 1.04. The zero-order valence-corrected chi connectivity index (χ0v) is 65.2. The van der Waals surface area contributed by atoms with Gasteiger partial charge in [-0.05, 0) is 57.3 Å². The van der Waals surface area contributed by atoms with Gasteiger partial charge in [0.15, 0.2) is 12.2 Å². The van der Waals surface area contributed by atoms with E-state index >= 15 is 0 Å². The van der Waals surface area contributed by atoms with Gasteiger partial charge in [-0.1, -0.05) is 341 Å². The summed E-state index contributed by atoms with van der Waals surface area (Å²) in [6, 6.07) is 0. The van der Waals surface area contributed by atoms with E-state index in [1.807, 2.05) is 0 Å². The minimum atomic E-state index is -4.97. The molecule has 0 amide bonds. The van der Waals surface area contributed by atoms with E-state index in [4.69, 9.17) is 37.0 Å². The minimum Gasteiger partial charge on any atom is -0.462 e. The molecule has 19 heteroatoms. The maximum atomic E-state index is 13.1. The van der Waals surface area contributed by atoms with Crippen LogP contribution in [0.4, 0.5) is 0 Å². The number of phosphoric ester groups is 2. The first-order valence-electron chi connectivity index (χ1n) is 40.5. The van der Waals surface area contributed by atoms with E-state index in [0.717, 1.165) is 115 Å². The lowest BCUT2D eigenvalue weighted by Gasteiger charge is -2.21. The summed E-state index contributed by atoms with van der Waals surface area (Å²) in [5, 5.41) is 10.6. The Morgan fingerprint density at radius 3 is 0.837 bits per heavy atom. The van der Waals surface area contributed by atoms with E-state index in [9.17, 15) is 43.2 Å². The summed E-state index contributed by atoms with van der Waals surface area (Å²) in [5.74, 6) is -1.36. The molecule has 0 fully saturated rings. The number of aliphatic hydroxyl groups is 1. The molecular weight excluding hydrogens is 1280 g/mol. The second-order valence-electron chi connectivity index (χ2n) is 28.2. The van der Waals surface area contributed by atoms with Crippen molar-refractivity contribution in [1.29, 1.82) is 0 Å². The largest absolute Gasteiger partial charge is 0.472 e. The van der Waals surface area contributed by atoms with Gasteiger partial charge in [0.25, 0.3) is 0 Å². The molecule has 2 unspecified atom stereocenters. The van der Waals surface area contributed by atoms with Crippen LogP contribution in [0.2, 0.25) is 0 Å². The van der Waals surface area contributed by atoms with Gasteiger partial charge in [0.1, 0.15) is 19.3 Å². The normalized spacial score (nSPS) is 14.1. The Morgan fingerprint density at radius 1 is 0.316 bits per heavy atom. The molecule has 0 aromatic carbocycles. The highest BCUT2D eigenvalue weighted by Gasteiger charge is 2.30. The average molecular weight is 1430 g/mol. The zero-order valence-electron chi connectivity index (χ0n) is 63.4. The fourth-order valence-electron chi connectivity index (χ4n) is 11.7. The van der Waals surface area contributed by atoms with E-state index < -0.39 is 97.5 Å². The topological polar surface area (TPSA) is 237 Å². The second kappa shape index (κ2) is 71.5. The summed E-state index contributed by atoms with van der Waals surface area (Å²) in [4.78, 5) is 72.9. The van der Waals surface area contributed by atoms with Gasteiger partial charge in [-0.3, -0.25) is 37.3 Å². The molecule has 0 saturated carbocycles. The standard InChI is InChI=1S/C79H150O17P2/c1-6-9-12-15-18-21-24-26-28-29-31-33-39-44-49-54-59-64-78(83)95-75(69-90-77(82)63-58-53-48-43-38-32-30-27-25-22-19-16-13-10-7-2)71-94-98(87,88)92-67-73(80)66-91-97(85,86)93-70-74(68-89-76(81)62-57-52-47-42-36-23-20-17-14-11-8-3)96-79(84)65-60-55-50-45-40-35-34-37-41-46-51-56-61-72(4)5/h22,25,27,30,72-75,80H,6-21,23-24,26,28-29,31-71H2,1-5H3,(H,85,86)(H,87,88)/b25-22-,30-27-/t73-,74+,75+/m0/s1.